The number of rotatable bonds is 5. The van der Waals surface area contributed by atoms with E-state index in [0.29, 0.717) is 42.0 Å². The summed E-state index contributed by atoms with van der Waals surface area (Å²) in [6.07, 6.45) is 3.88. The van der Waals surface area contributed by atoms with E-state index in [4.69, 9.17) is 19.4 Å². The van der Waals surface area contributed by atoms with Crippen molar-refractivity contribution >= 4 is 22.3 Å². The van der Waals surface area contributed by atoms with Gasteiger partial charge in [-0.05, 0) is 25.0 Å². The first-order chi connectivity index (χ1) is 12.7. The van der Waals surface area contributed by atoms with Crippen molar-refractivity contribution in [1.29, 1.82) is 0 Å². The van der Waals surface area contributed by atoms with E-state index in [1.54, 1.807) is 25.5 Å². The fraction of sp³-hybridized carbons (Fsp3) is 0.353. The number of carbonyl (C=O) groups excluding carboxylic acids is 1. The molecule has 9 heteroatoms. The normalized spacial score (nSPS) is 14.3. The number of hydrogen-bond acceptors (Lipinski definition) is 9. The molecule has 26 heavy (non-hydrogen) atoms. The van der Waals surface area contributed by atoms with Gasteiger partial charge in [-0.15, -0.1) is 11.3 Å². The highest BCUT2D eigenvalue weighted by Gasteiger charge is 2.28. The molecule has 0 unspecified atom stereocenters. The first kappa shape index (κ1) is 16.8. The van der Waals surface area contributed by atoms with E-state index in [1.165, 1.54) is 11.3 Å². The Hall–Kier alpha value is -2.65. The van der Waals surface area contributed by atoms with Crippen LogP contribution in [0.5, 0.6) is 0 Å². The second kappa shape index (κ2) is 6.93. The fourth-order valence-corrected chi connectivity index (χ4v) is 4.21. The van der Waals surface area contributed by atoms with Crippen LogP contribution in [0.3, 0.4) is 0 Å². The van der Waals surface area contributed by atoms with Crippen molar-refractivity contribution < 1.29 is 18.5 Å². The van der Waals surface area contributed by atoms with Gasteiger partial charge in [-0.3, -0.25) is 4.90 Å². The molecular formula is C17H18N4O4S. The van der Waals surface area contributed by atoms with Crippen LogP contribution < -0.4 is 5.73 Å². The lowest BCUT2D eigenvalue weighted by Gasteiger charge is -2.25. The number of carbonyl (C=O) groups is 1. The van der Waals surface area contributed by atoms with Crippen molar-refractivity contribution in [2.75, 3.05) is 18.9 Å². The number of esters is 1. The summed E-state index contributed by atoms with van der Waals surface area (Å²) in [4.78, 5) is 19.8. The molecule has 0 bridgehead atoms. The summed E-state index contributed by atoms with van der Waals surface area (Å²) in [6.45, 7) is 4.13. The Morgan fingerprint density at radius 3 is 3.15 bits per heavy atom. The maximum Gasteiger partial charge on any atom is 0.341 e. The molecule has 0 fully saturated rings. The predicted octanol–water partition coefficient (Wildman–Crippen LogP) is 2.71. The first-order valence-corrected chi connectivity index (χ1v) is 9.12. The number of anilines is 1. The average molecular weight is 374 g/mol. The molecule has 1 aliphatic rings. The van der Waals surface area contributed by atoms with Crippen molar-refractivity contribution in [3.8, 4) is 11.4 Å². The molecule has 0 atom stereocenters. The van der Waals surface area contributed by atoms with Crippen molar-refractivity contribution in [1.82, 2.24) is 15.0 Å². The fourth-order valence-electron chi connectivity index (χ4n) is 3.06. The quantitative estimate of drug-likeness (QED) is 0.679. The molecule has 3 aromatic rings. The molecule has 0 spiro atoms. The zero-order valence-electron chi connectivity index (χ0n) is 14.2. The molecule has 0 saturated heterocycles. The minimum atomic E-state index is -0.336. The summed E-state index contributed by atoms with van der Waals surface area (Å²) in [5.74, 6) is 0.716. The molecule has 4 rings (SSSR count). The minimum absolute atomic E-state index is 0.336. The Bertz CT molecular complexity index is 915. The van der Waals surface area contributed by atoms with E-state index in [2.05, 4.69) is 15.0 Å². The topological polar surface area (TPSA) is 108 Å². The third kappa shape index (κ3) is 3.11. The summed E-state index contributed by atoms with van der Waals surface area (Å²) < 4.78 is 15.5. The molecule has 0 radical (unpaired) electrons. The number of furan rings is 1. The van der Waals surface area contributed by atoms with Gasteiger partial charge in [0.15, 0.2) is 0 Å². The van der Waals surface area contributed by atoms with Gasteiger partial charge >= 0.3 is 5.97 Å². The van der Waals surface area contributed by atoms with Crippen LogP contribution >= 0.6 is 11.3 Å². The van der Waals surface area contributed by atoms with E-state index in [-0.39, 0.29) is 5.97 Å². The summed E-state index contributed by atoms with van der Waals surface area (Å²) >= 11 is 1.44. The zero-order chi connectivity index (χ0) is 18.1. The average Bonchev–Trinajstić information content (AvgIpc) is 3.33. The smallest absolute Gasteiger partial charge is 0.341 e. The van der Waals surface area contributed by atoms with Crippen molar-refractivity contribution in [2.45, 2.75) is 26.4 Å². The van der Waals surface area contributed by atoms with Gasteiger partial charge in [0, 0.05) is 18.0 Å². The number of ether oxygens (including phenoxy) is 1. The first-order valence-electron chi connectivity index (χ1n) is 8.30. The van der Waals surface area contributed by atoms with Gasteiger partial charge < -0.3 is 19.4 Å². The lowest BCUT2D eigenvalue weighted by atomic mass is 10.0. The van der Waals surface area contributed by atoms with Gasteiger partial charge in [0.05, 0.1) is 30.5 Å². The maximum absolute atomic E-state index is 12.1. The largest absolute Gasteiger partial charge is 0.472 e. The summed E-state index contributed by atoms with van der Waals surface area (Å²) in [6, 6.07) is 1.78. The number of aromatic nitrogens is 2. The van der Waals surface area contributed by atoms with Crippen LogP contribution in [0.4, 0.5) is 5.00 Å². The minimum Gasteiger partial charge on any atom is -0.472 e. The van der Waals surface area contributed by atoms with Crippen LogP contribution in [-0.4, -0.2) is 34.2 Å². The van der Waals surface area contributed by atoms with Crippen LogP contribution in [0.1, 0.15) is 33.6 Å². The van der Waals surface area contributed by atoms with Crippen LogP contribution in [0.15, 0.2) is 27.5 Å². The summed E-state index contributed by atoms with van der Waals surface area (Å²) in [7, 11) is 0. The Kier molecular flexibility index (Phi) is 4.48. The predicted molar refractivity (Wildman–Crippen MR) is 94.5 cm³/mol. The highest BCUT2D eigenvalue weighted by molar-refractivity contribution is 7.16. The second-order valence-electron chi connectivity index (χ2n) is 5.95. The van der Waals surface area contributed by atoms with Gasteiger partial charge in [-0.25, -0.2) is 4.79 Å². The SMILES string of the molecule is CCOC(=O)c1c(N)sc2c1CCN(Cc1nc(-c3ccoc3)no1)C2. The number of thiophene rings is 1. The lowest BCUT2D eigenvalue weighted by Crippen LogP contribution is -2.30. The van der Waals surface area contributed by atoms with Crippen LogP contribution in [0.2, 0.25) is 0 Å². The Morgan fingerprint density at radius 2 is 2.38 bits per heavy atom. The summed E-state index contributed by atoms with van der Waals surface area (Å²) in [5, 5.41) is 4.50. The molecule has 3 aromatic heterocycles. The second-order valence-corrected chi connectivity index (χ2v) is 7.08. The van der Waals surface area contributed by atoms with E-state index in [0.717, 1.165) is 29.0 Å². The molecule has 0 amide bonds. The van der Waals surface area contributed by atoms with Crippen LogP contribution in [-0.2, 0) is 24.2 Å². The monoisotopic (exact) mass is 374 g/mol. The highest BCUT2D eigenvalue weighted by atomic mass is 32.1. The molecule has 8 nitrogen and oxygen atoms in total. The molecule has 0 aliphatic carbocycles. The van der Waals surface area contributed by atoms with Gasteiger partial charge in [0.1, 0.15) is 11.3 Å². The lowest BCUT2D eigenvalue weighted by molar-refractivity contribution is 0.0526. The van der Waals surface area contributed by atoms with Gasteiger partial charge in [0.25, 0.3) is 0 Å². The van der Waals surface area contributed by atoms with Crippen molar-refractivity contribution in [3.05, 3.63) is 40.5 Å². The molecule has 0 saturated carbocycles. The third-order valence-electron chi connectivity index (χ3n) is 4.25. The highest BCUT2D eigenvalue weighted by Crippen LogP contribution is 2.36. The van der Waals surface area contributed by atoms with Crippen LogP contribution in [0, 0.1) is 0 Å². The molecule has 4 heterocycles. The van der Waals surface area contributed by atoms with E-state index in [1.807, 2.05) is 0 Å². The van der Waals surface area contributed by atoms with Gasteiger partial charge in [0.2, 0.25) is 11.7 Å². The zero-order valence-corrected chi connectivity index (χ0v) is 15.0. The molecule has 2 N–H and O–H groups in total. The van der Waals surface area contributed by atoms with Gasteiger partial charge in [-0.2, -0.15) is 4.98 Å². The standard InChI is InChI=1S/C17H18N4O4S/c1-2-24-17(22)14-11-3-5-21(7-12(11)26-15(14)18)8-13-19-16(20-25-13)10-4-6-23-9-10/h4,6,9H,2-3,5,7-8,18H2,1H3. The number of hydrogen-bond donors (Lipinski definition) is 1. The maximum atomic E-state index is 12.1. The number of fused-ring (bicyclic) bond motifs is 1. The van der Waals surface area contributed by atoms with Crippen LogP contribution in [0.25, 0.3) is 11.4 Å². The number of nitrogens with two attached hydrogens (primary N) is 1. The molecule has 1 aliphatic heterocycles. The molecular weight excluding hydrogens is 356 g/mol. The van der Waals surface area contributed by atoms with E-state index >= 15 is 0 Å². The number of nitrogen functional groups attached to an aromatic ring is 1. The Morgan fingerprint density at radius 1 is 1.50 bits per heavy atom. The Balaban J connectivity index is 1.48. The third-order valence-corrected chi connectivity index (χ3v) is 5.29. The van der Waals surface area contributed by atoms with E-state index in [9.17, 15) is 4.79 Å². The van der Waals surface area contributed by atoms with E-state index < -0.39 is 0 Å². The summed E-state index contributed by atoms with van der Waals surface area (Å²) in [5.41, 5.74) is 8.38. The van der Waals surface area contributed by atoms with Crippen molar-refractivity contribution in [3.63, 3.8) is 0 Å². The Labute approximate surface area is 153 Å². The number of nitrogens with zero attached hydrogens (tertiary/aromatic N) is 3. The molecule has 0 aromatic carbocycles. The molecule has 136 valence electrons. The van der Waals surface area contributed by atoms with Crippen molar-refractivity contribution in [2.24, 2.45) is 0 Å². The van der Waals surface area contributed by atoms with Gasteiger partial charge in [-0.1, -0.05) is 5.16 Å².